The molecule has 2 saturated heterocycles. The molecule has 28 heavy (non-hydrogen) atoms. The molecule has 0 aliphatic carbocycles. The lowest BCUT2D eigenvalue weighted by Crippen LogP contribution is -2.71. The molecule has 7 nitrogen and oxygen atoms in total. The van der Waals surface area contributed by atoms with Crippen LogP contribution in [0.25, 0.3) is 0 Å². The second-order valence-electron chi connectivity index (χ2n) is 6.74. The Morgan fingerprint density at radius 2 is 2.04 bits per heavy atom. The summed E-state index contributed by atoms with van der Waals surface area (Å²) >= 11 is 3.27. The molecule has 2 N–H and O–H groups in total. The van der Waals surface area contributed by atoms with Crippen molar-refractivity contribution in [1.82, 2.24) is 10.2 Å². The van der Waals surface area contributed by atoms with E-state index < -0.39 is 17.9 Å². The van der Waals surface area contributed by atoms with Gasteiger partial charge in [0.05, 0.1) is 0 Å². The Hall–Kier alpha value is -2.13. The molecule has 0 spiro atoms. The highest BCUT2D eigenvalue weighted by Crippen LogP contribution is 2.45. The van der Waals surface area contributed by atoms with Crippen molar-refractivity contribution in [1.29, 1.82) is 0 Å². The molecule has 2 amide bonds. The van der Waals surface area contributed by atoms with Gasteiger partial charge in [-0.25, -0.2) is 4.79 Å². The van der Waals surface area contributed by atoms with Gasteiger partial charge in [-0.2, -0.15) is 11.8 Å². The molecule has 1 aromatic carbocycles. The molecule has 1 aromatic rings. The number of amides is 2. The lowest BCUT2D eigenvalue weighted by molar-refractivity contribution is -0.151. The van der Waals surface area contributed by atoms with Crippen LogP contribution in [0.2, 0.25) is 0 Å². The van der Waals surface area contributed by atoms with E-state index in [0.717, 1.165) is 24.2 Å². The number of ether oxygens (including phenoxy) is 1. The maximum Gasteiger partial charge on any atom is 0.352 e. The summed E-state index contributed by atoms with van der Waals surface area (Å²) in [6, 6.07) is 8.23. The van der Waals surface area contributed by atoms with Crippen molar-refractivity contribution < 1.29 is 24.2 Å². The van der Waals surface area contributed by atoms with Crippen molar-refractivity contribution in [2.45, 2.75) is 29.5 Å². The first-order chi connectivity index (χ1) is 13.6. The van der Waals surface area contributed by atoms with E-state index in [1.165, 1.54) is 16.7 Å². The van der Waals surface area contributed by atoms with Gasteiger partial charge in [0.15, 0.2) is 6.61 Å². The topological polar surface area (TPSA) is 95.9 Å². The van der Waals surface area contributed by atoms with Gasteiger partial charge in [0.2, 0.25) is 0 Å². The number of β-lactam (4-membered cyclic amide) rings is 1. The molecule has 9 heteroatoms. The number of thioether (sulfide) groups is 2. The van der Waals surface area contributed by atoms with Gasteiger partial charge in [-0.1, -0.05) is 18.2 Å². The standard InChI is InChI=1S/C19H20N2O5S2/c22-14(9-26-11-5-2-1-3-6-11)20-15-17(23)21-16(19(24)25)12(10-28-18(15)21)13-7-4-8-27-13/h1-3,5-6,13,15,18H,4,7-10H2,(H,20,22)(H,24,25)/t13?,15?,18-/m0/s1. The minimum absolute atomic E-state index is 0.110. The average Bonchev–Trinajstić information content (AvgIpc) is 3.24. The number of aliphatic carboxylic acids is 1. The van der Waals surface area contributed by atoms with Crippen molar-refractivity contribution >= 4 is 41.3 Å². The number of hydrogen-bond acceptors (Lipinski definition) is 6. The number of hydrogen-bond donors (Lipinski definition) is 2. The summed E-state index contributed by atoms with van der Waals surface area (Å²) in [6.07, 6.45) is 2.01. The number of carboxylic acids is 1. The van der Waals surface area contributed by atoms with E-state index in [9.17, 15) is 19.5 Å². The van der Waals surface area contributed by atoms with Crippen LogP contribution in [0.3, 0.4) is 0 Å². The summed E-state index contributed by atoms with van der Waals surface area (Å²) in [5.41, 5.74) is 0.945. The molecule has 2 unspecified atom stereocenters. The lowest BCUT2D eigenvalue weighted by Gasteiger charge is -2.50. The summed E-state index contributed by atoms with van der Waals surface area (Å²) in [5, 5.41) is 12.2. The van der Waals surface area contributed by atoms with E-state index in [0.29, 0.717) is 11.5 Å². The van der Waals surface area contributed by atoms with Crippen LogP contribution in [0.1, 0.15) is 12.8 Å². The molecule has 148 valence electrons. The van der Waals surface area contributed by atoms with Crippen LogP contribution in [0.15, 0.2) is 41.6 Å². The van der Waals surface area contributed by atoms with Crippen LogP contribution < -0.4 is 10.1 Å². The van der Waals surface area contributed by atoms with Crippen LogP contribution in [-0.4, -0.2) is 62.6 Å². The van der Waals surface area contributed by atoms with Crippen molar-refractivity contribution in [3.8, 4) is 5.75 Å². The van der Waals surface area contributed by atoms with Crippen molar-refractivity contribution in [2.75, 3.05) is 18.1 Å². The Kier molecular flexibility index (Phi) is 5.54. The first kappa shape index (κ1) is 19.2. The van der Waals surface area contributed by atoms with Crippen LogP contribution >= 0.6 is 23.5 Å². The van der Waals surface area contributed by atoms with E-state index in [1.807, 2.05) is 6.07 Å². The fraction of sp³-hybridized carbons (Fsp3) is 0.421. The zero-order chi connectivity index (χ0) is 19.7. The average molecular weight is 421 g/mol. The number of fused-ring (bicyclic) bond motifs is 1. The minimum atomic E-state index is -1.07. The number of nitrogens with one attached hydrogen (secondary N) is 1. The lowest BCUT2D eigenvalue weighted by atomic mass is 10.00. The molecule has 3 aliphatic rings. The molecule has 3 atom stereocenters. The zero-order valence-electron chi connectivity index (χ0n) is 15.0. The Labute approximate surface area is 170 Å². The Morgan fingerprint density at radius 1 is 1.25 bits per heavy atom. The first-order valence-corrected chi connectivity index (χ1v) is 11.2. The van der Waals surface area contributed by atoms with E-state index in [1.54, 1.807) is 36.0 Å². The van der Waals surface area contributed by atoms with Crippen LogP contribution in [-0.2, 0) is 14.4 Å². The second kappa shape index (κ2) is 8.08. The maximum absolute atomic E-state index is 12.6. The number of rotatable bonds is 6. The third-order valence-electron chi connectivity index (χ3n) is 4.95. The molecule has 2 fully saturated rings. The molecular formula is C19H20N2O5S2. The first-order valence-electron chi connectivity index (χ1n) is 9.06. The Balaban J connectivity index is 1.41. The van der Waals surface area contributed by atoms with E-state index in [2.05, 4.69) is 5.32 Å². The summed E-state index contributed by atoms with van der Waals surface area (Å²) in [4.78, 5) is 38.0. The normalized spacial score (nSPS) is 26.5. The van der Waals surface area contributed by atoms with Gasteiger partial charge < -0.3 is 15.2 Å². The second-order valence-corrected chi connectivity index (χ2v) is 9.15. The summed E-state index contributed by atoms with van der Waals surface area (Å²) in [7, 11) is 0. The number of nitrogens with zero attached hydrogens (tertiary/aromatic N) is 1. The quantitative estimate of drug-likeness (QED) is 0.676. The van der Waals surface area contributed by atoms with Gasteiger partial charge in [0.25, 0.3) is 11.8 Å². The third kappa shape index (κ3) is 3.60. The van der Waals surface area contributed by atoms with Gasteiger partial charge in [-0.3, -0.25) is 14.5 Å². The van der Waals surface area contributed by atoms with Gasteiger partial charge >= 0.3 is 5.97 Å². The van der Waals surface area contributed by atoms with Gasteiger partial charge in [0.1, 0.15) is 22.9 Å². The number of benzene rings is 1. The molecule has 0 saturated carbocycles. The molecule has 0 bridgehead atoms. The summed E-state index contributed by atoms with van der Waals surface area (Å²) < 4.78 is 5.40. The molecular weight excluding hydrogens is 400 g/mol. The molecule has 0 radical (unpaired) electrons. The van der Waals surface area contributed by atoms with Gasteiger partial charge in [0, 0.05) is 11.0 Å². The van der Waals surface area contributed by atoms with Gasteiger partial charge in [-0.05, 0) is 36.3 Å². The summed E-state index contributed by atoms with van der Waals surface area (Å²) in [6.45, 7) is -0.198. The fourth-order valence-corrected chi connectivity index (χ4v) is 6.50. The van der Waals surface area contributed by atoms with Gasteiger partial charge in [-0.15, -0.1) is 11.8 Å². The van der Waals surface area contributed by atoms with Crippen molar-refractivity contribution in [3.63, 3.8) is 0 Å². The number of para-hydroxylation sites is 1. The molecule has 3 heterocycles. The smallest absolute Gasteiger partial charge is 0.352 e. The van der Waals surface area contributed by atoms with Crippen LogP contribution in [0.5, 0.6) is 5.75 Å². The van der Waals surface area contributed by atoms with E-state index in [-0.39, 0.29) is 28.8 Å². The largest absolute Gasteiger partial charge is 0.484 e. The third-order valence-corrected chi connectivity index (χ3v) is 7.70. The highest BCUT2D eigenvalue weighted by molar-refractivity contribution is 8.01. The minimum Gasteiger partial charge on any atom is -0.484 e. The van der Waals surface area contributed by atoms with Crippen molar-refractivity contribution in [2.24, 2.45) is 0 Å². The Morgan fingerprint density at radius 3 is 2.71 bits per heavy atom. The van der Waals surface area contributed by atoms with Crippen LogP contribution in [0, 0.1) is 0 Å². The van der Waals surface area contributed by atoms with E-state index in [4.69, 9.17) is 4.74 Å². The van der Waals surface area contributed by atoms with Crippen LogP contribution in [0.4, 0.5) is 0 Å². The fourth-order valence-electron chi connectivity index (χ4n) is 3.62. The maximum atomic E-state index is 12.6. The van der Waals surface area contributed by atoms with E-state index >= 15 is 0 Å². The molecule has 3 aliphatic heterocycles. The predicted octanol–water partition coefficient (Wildman–Crippen LogP) is 1.70. The highest BCUT2D eigenvalue weighted by Gasteiger charge is 2.54. The molecule has 0 aromatic heterocycles. The number of carboxylic acid groups (broad SMARTS) is 1. The van der Waals surface area contributed by atoms with Crippen molar-refractivity contribution in [3.05, 3.63) is 41.6 Å². The Bertz CT molecular complexity index is 823. The zero-order valence-corrected chi connectivity index (χ0v) is 16.6. The predicted molar refractivity (Wildman–Crippen MR) is 107 cm³/mol. The monoisotopic (exact) mass is 420 g/mol. The highest BCUT2D eigenvalue weighted by atomic mass is 32.2. The summed E-state index contributed by atoms with van der Waals surface area (Å²) in [5.74, 6) is 0.312. The number of carbonyl (C=O) groups is 3. The molecule has 4 rings (SSSR count). The SMILES string of the molecule is O=C(COc1ccccc1)NC1C(=O)N2C(C(=O)O)=C(C3CCCS3)CS[C@@H]12. The number of carbonyl (C=O) groups excluding carboxylic acids is 2.